The summed E-state index contributed by atoms with van der Waals surface area (Å²) in [5.41, 5.74) is -0.380. The fraction of sp³-hybridized carbons (Fsp3) is 0.500. The van der Waals surface area contributed by atoms with Gasteiger partial charge in [0.05, 0.1) is 24.8 Å². The van der Waals surface area contributed by atoms with Crippen LogP contribution in [0, 0.1) is 11.6 Å². The van der Waals surface area contributed by atoms with E-state index in [0.717, 1.165) is 12.1 Å². The fourth-order valence-electron chi connectivity index (χ4n) is 1.86. The Labute approximate surface area is 117 Å². The molecule has 1 aromatic rings. The van der Waals surface area contributed by atoms with Crippen molar-refractivity contribution in [3.8, 4) is 0 Å². The molecule has 20 heavy (non-hydrogen) atoms. The third-order valence-corrected chi connectivity index (χ3v) is 2.87. The maximum Gasteiger partial charge on any atom is 0.320 e. The molecule has 6 heteroatoms. The highest BCUT2D eigenvalue weighted by molar-refractivity contribution is 5.71. The lowest BCUT2D eigenvalue weighted by Gasteiger charge is -2.23. The van der Waals surface area contributed by atoms with Crippen molar-refractivity contribution in [3.05, 3.63) is 35.4 Å². The summed E-state index contributed by atoms with van der Waals surface area (Å²) in [7, 11) is 0. The summed E-state index contributed by atoms with van der Waals surface area (Å²) < 4.78 is 31.9. The molecule has 1 aromatic carbocycles. The zero-order chi connectivity index (χ0) is 15.1. The van der Waals surface area contributed by atoms with Crippen molar-refractivity contribution in [2.24, 2.45) is 0 Å². The summed E-state index contributed by atoms with van der Waals surface area (Å²) in [6.45, 7) is 4.11. The maximum absolute atomic E-state index is 13.5. The zero-order valence-corrected chi connectivity index (χ0v) is 11.6. The first-order valence-electron chi connectivity index (χ1n) is 6.49. The first-order chi connectivity index (χ1) is 9.49. The second-order valence-electron chi connectivity index (χ2n) is 4.28. The number of esters is 1. The number of carbonyl (C=O) groups is 1. The summed E-state index contributed by atoms with van der Waals surface area (Å²) in [4.78, 5) is 12.9. The van der Waals surface area contributed by atoms with Gasteiger partial charge in [0.1, 0.15) is 11.6 Å². The van der Waals surface area contributed by atoms with Gasteiger partial charge in [-0.25, -0.2) is 8.78 Å². The second-order valence-corrected chi connectivity index (χ2v) is 4.28. The minimum Gasteiger partial charge on any atom is -0.465 e. The van der Waals surface area contributed by atoms with Crippen molar-refractivity contribution in [2.75, 3.05) is 26.2 Å². The molecular formula is C14H19F2NO3. The molecule has 112 valence electrons. The quantitative estimate of drug-likeness (QED) is 0.778. The van der Waals surface area contributed by atoms with Gasteiger partial charge < -0.3 is 9.84 Å². The Morgan fingerprint density at radius 1 is 1.35 bits per heavy atom. The van der Waals surface area contributed by atoms with E-state index >= 15 is 0 Å². The van der Waals surface area contributed by atoms with Gasteiger partial charge >= 0.3 is 5.97 Å². The normalized spacial score (nSPS) is 12.5. The van der Waals surface area contributed by atoms with Crippen LogP contribution >= 0.6 is 0 Å². The molecular weight excluding hydrogens is 268 g/mol. The van der Waals surface area contributed by atoms with Gasteiger partial charge in [-0.3, -0.25) is 9.69 Å². The van der Waals surface area contributed by atoms with E-state index in [2.05, 4.69) is 0 Å². The largest absolute Gasteiger partial charge is 0.465 e. The first-order valence-corrected chi connectivity index (χ1v) is 6.49. The molecule has 0 heterocycles. The topological polar surface area (TPSA) is 49.8 Å². The third-order valence-electron chi connectivity index (χ3n) is 2.87. The highest BCUT2D eigenvalue weighted by Gasteiger charge is 2.21. The van der Waals surface area contributed by atoms with Crippen molar-refractivity contribution >= 4 is 5.97 Å². The highest BCUT2D eigenvalue weighted by atomic mass is 19.1. The van der Waals surface area contributed by atoms with Crippen LogP contribution in [0.25, 0.3) is 0 Å². The van der Waals surface area contributed by atoms with Crippen LogP contribution in [0.1, 0.15) is 25.5 Å². The third kappa shape index (κ3) is 4.54. The Hall–Kier alpha value is -1.53. The van der Waals surface area contributed by atoms with Gasteiger partial charge in [-0.2, -0.15) is 0 Å². The summed E-state index contributed by atoms with van der Waals surface area (Å²) in [5, 5.41) is 9.95. The molecule has 0 aliphatic carbocycles. The number of halogens is 2. The molecule has 0 aromatic heterocycles. The van der Waals surface area contributed by atoms with E-state index in [9.17, 15) is 18.7 Å². The standard InChI is InChI=1S/C14H19F2NO3/c1-3-17(9-13(19)20-4-2)8-12(18)14-10(15)6-5-7-11(14)16/h5-7,12,18H,3-4,8-9H2,1-2H3. The van der Waals surface area contributed by atoms with Gasteiger partial charge in [0.15, 0.2) is 0 Å². The van der Waals surface area contributed by atoms with Crippen LogP contribution in [0.5, 0.6) is 0 Å². The number of rotatable bonds is 7. The number of benzene rings is 1. The lowest BCUT2D eigenvalue weighted by Crippen LogP contribution is -2.34. The lowest BCUT2D eigenvalue weighted by molar-refractivity contribution is -0.144. The molecule has 0 radical (unpaired) electrons. The van der Waals surface area contributed by atoms with Gasteiger partial charge in [-0.05, 0) is 25.6 Å². The van der Waals surface area contributed by atoms with Gasteiger partial charge in [0.25, 0.3) is 0 Å². The SMILES string of the molecule is CCOC(=O)CN(CC)CC(O)c1c(F)cccc1F. The van der Waals surface area contributed by atoms with Crippen molar-refractivity contribution in [2.45, 2.75) is 20.0 Å². The van der Waals surface area contributed by atoms with Crippen molar-refractivity contribution < 1.29 is 23.4 Å². The predicted molar refractivity (Wildman–Crippen MR) is 70.1 cm³/mol. The summed E-state index contributed by atoms with van der Waals surface area (Å²) in [6.07, 6.45) is -1.34. The van der Waals surface area contributed by atoms with Crippen molar-refractivity contribution in [3.63, 3.8) is 0 Å². The molecule has 0 spiro atoms. The minimum absolute atomic E-state index is 0.0303. The number of nitrogens with zero attached hydrogens (tertiary/aromatic N) is 1. The average Bonchev–Trinajstić information content (AvgIpc) is 2.38. The average molecular weight is 287 g/mol. The van der Waals surface area contributed by atoms with Crippen LogP contribution in [0.15, 0.2) is 18.2 Å². The van der Waals surface area contributed by atoms with E-state index < -0.39 is 23.7 Å². The number of likely N-dealkylation sites (N-methyl/N-ethyl adjacent to an activating group) is 1. The molecule has 0 aliphatic heterocycles. The smallest absolute Gasteiger partial charge is 0.320 e. The minimum atomic E-state index is -1.34. The molecule has 0 saturated heterocycles. The van der Waals surface area contributed by atoms with Crippen LogP contribution in [-0.4, -0.2) is 42.2 Å². The van der Waals surface area contributed by atoms with Gasteiger partial charge in [-0.1, -0.05) is 13.0 Å². The van der Waals surface area contributed by atoms with E-state index in [-0.39, 0.29) is 25.3 Å². The first kappa shape index (κ1) is 16.5. The highest BCUT2D eigenvalue weighted by Crippen LogP contribution is 2.21. The Morgan fingerprint density at radius 2 is 1.95 bits per heavy atom. The van der Waals surface area contributed by atoms with Gasteiger partial charge in [-0.15, -0.1) is 0 Å². The molecule has 1 atom stereocenters. The second kappa shape index (κ2) is 7.91. The lowest BCUT2D eigenvalue weighted by atomic mass is 10.1. The Balaban J connectivity index is 2.72. The van der Waals surface area contributed by atoms with Crippen LogP contribution in [-0.2, 0) is 9.53 Å². The molecule has 4 nitrogen and oxygen atoms in total. The Morgan fingerprint density at radius 3 is 2.45 bits per heavy atom. The van der Waals surface area contributed by atoms with Crippen LogP contribution in [0.4, 0.5) is 8.78 Å². The number of aliphatic hydroxyl groups excluding tert-OH is 1. The molecule has 0 bridgehead atoms. The molecule has 1 unspecified atom stereocenters. The number of hydrogen-bond donors (Lipinski definition) is 1. The van der Waals surface area contributed by atoms with E-state index in [0.29, 0.717) is 6.54 Å². The van der Waals surface area contributed by atoms with E-state index in [1.54, 1.807) is 18.7 Å². The molecule has 1 rings (SSSR count). The molecule has 0 aliphatic rings. The monoisotopic (exact) mass is 287 g/mol. The summed E-state index contributed by atoms with van der Waals surface area (Å²) in [6, 6.07) is 3.41. The van der Waals surface area contributed by atoms with Crippen LogP contribution in [0.2, 0.25) is 0 Å². The fourth-order valence-corrected chi connectivity index (χ4v) is 1.86. The number of aliphatic hydroxyl groups is 1. The molecule has 0 saturated carbocycles. The van der Waals surface area contributed by atoms with Crippen LogP contribution in [0.3, 0.4) is 0 Å². The Bertz CT molecular complexity index is 434. The Kier molecular flexibility index (Phi) is 6.54. The summed E-state index contributed by atoms with van der Waals surface area (Å²) in [5.74, 6) is -2.04. The van der Waals surface area contributed by atoms with Gasteiger partial charge in [0, 0.05) is 6.54 Å². The zero-order valence-electron chi connectivity index (χ0n) is 11.6. The molecule has 0 fully saturated rings. The number of hydrogen-bond acceptors (Lipinski definition) is 4. The van der Waals surface area contributed by atoms with E-state index in [4.69, 9.17) is 4.74 Å². The number of carbonyl (C=O) groups excluding carboxylic acids is 1. The summed E-state index contributed by atoms with van der Waals surface area (Å²) >= 11 is 0. The molecule has 0 amide bonds. The van der Waals surface area contributed by atoms with Crippen molar-refractivity contribution in [1.82, 2.24) is 4.90 Å². The van der Waals surface area contributed by atoms with Crippen LogP contribution < -0.4 is 0 Å². The molecule has 1 N–H and O–H groups in total. The van der Waals surface area contributed by atoms with E-state index in [1.807, 2.05) is 0 Å². The van der Waals surface area contributed by atoms with E-state index in [1.165, 1.54) is 6.07 Å². The maximum atomic E-state index is 13.5. The number of ether oxygens (including phenoxy) is 1. The van der Waals surface area contributed by atoms with Crippen molar-refractivity contribution in [1.29, 1.82) is 0 Å². The predicted octanol–water partition coefficient (Wildman–Crippen LogP) is 1.88. The van der Waals surface area contributed by atoms with Gasteiger partial charge in [0.2, 0.25) is 0 Å².